The molecule has 1 fully saturated rings. The number of anilines is 2. The molecule has 5 nitrogen and oxygen atoms in total. The van der Waals surface area contributed by atoms with E-state index in [1.807, 2.05) is 41.3 Å². The molecule has 0 bridgehead atoms. The molecule has 1 N–H and O–H groups in total. The van der Waals surface area contributed by atoms with Crippen molar-refractivity contribution in [2.24, 2.45) is 0 Å². The number of nitrogens with zero attached hydrogens (tertiary/aromatic N) is 3. The minimum atomic E-state index is 0.130. The number of nitrogens with one attached hydrogen (secondary N) is 1. The number of hydrogen-bond donors (Lipinski definition) is 1. The third-order valence-corrected chi connectivity index (χ3v) is 4.82. The van der Waals surface area contributed by atoms with Crippen molar-refractivity contribution < 1.29 is 4.79 Å². The largest absolute Gasteiger partial charge is 0.374 e. The van der Waals surface area contributed by atoms with Crippen LogP contribution in [-0.4, -0.2) is 48.5 Å². The van der Waals surface area contributed by atoms with E-state index in [1.165, 1.54) is 5.69 Å². The van der Waals surface area contributed by atoms with E-state index in [1.54, 1.807) is 6.20 Å². The van der Waals surface area contributed by atoms with Gasteiger partial charge in [0.1, 0.15) is 0 Å². The Morgan fingerprint density at radius 2 is 1.69 bits per heavy atom. The molecule has 2 aromatic carbocycles. The van der Waals surface area contributed by atoms with Crippen molar-refractivity contribution in [1.82, 2.24) is 9.88 Å². The van der Waals surface area contributed by atoms with Crippen LogP contribution in [0.3, 0.4) is 0 Å². The number of hydrogen-bond acceptors (Lipinski definition) is 4. The molecule has 0 spiro atoms. The van der Waals surface area contributed by atoms with Crippen LogP contribution in [0.25, 0.3) is 10.9 Å². The molecular formula is C21H22N4O. The predicted octanol–water partition coefficient (Wildman–Crippen LogP) is 3.00. The lowest BCUT2D eigenvalue weighted by Crippen LogP contribution is -2.50. The van der Waals surface area contributed by atoms with Crippen LogP contribution in [-0.2, 0) is 4.79 Å². The van der Waals surface area contributed by atoms with Crippen molar-refractivity contribution in [2.75, 3.05) is 42.9 Å². The van der Waals surface area contributed by atoms with Gasteiger partial charge in [0.25, 0.3) is 0 Å². The molecule has 1 aromatic heterocycles. The van der Waals surface area contributed by atoms with Crippen molar-refractivity contribution in [2.45, 2.75) is 0 Å². The highest BCUT2D eigenvalue weighted by molar-refractivity contribution is 5.92. The molecule has 1 saturated heterocycles. The first-order valence-corrected chi connectivity index (χ1v) is 8.97. The van der Waals surface area contributed by atoms with Gasteiger partial charge in [-0.15, -0.1) is 0 Å². The molecule has 0 atom stereocenters. The molecule has 0 radical (unpaired) electrons. The van der Waals surface area contributed by atoms with Crippen molar-refractivity contribution in [3.63, 3.8) is 0 Å². The summed E-state index contributed by atoms with van der Waals surface area (Å²) in [5.41, 5.74) is 3.02. The van der Waals surface area contributed by atoms with Gasteiger partial charge < -0.3 is 15.1 Å². The number of fused-ring (bicyclic) bond motifs is 1. The van der Waals surface area contributed by atoms with E-state index < -0.39 is 0 Å². The quantitative estimate of drug-likeness (QED) is 0.789. The molecule has 2 heterocycles. The van der Waals surface area contributed by atoms with Crippen molar-refractivity contribution in [3.8, 4) is 0 Å². The van der Waals surface area contributed by atoms with Gasteiger partial charge in [0.05, 0.1) is 17.7 Å². The normalized spacial score (nSPS) is 14.5. The molecular weight excluding hydrogens is 324 g/mol. The maximum absolute atomic E-state index is 12.6. The van der Waals surface area contributed by atoms with Crippen LogP contribution in [0.15, 0.2) is 66.9 Å². The first kappa shape index (κ1) is 16.4. The molecule has 26 heavy (non-hydrogen) atoms. The molecule has 0 aliphatic carbocycles. The number of piperazine rings is 1. The van der Waals surface area contributed by atoms with Crippen LogP contribution in [0.1, 0.15) is 0 Å². The second kappa shape index (κ2) is 7.44. The summed E-state index contributed by atoms with van der Waals surface area (Å²) in [6, 6.07) is 20.3. The lowest BCUT2D eigenvalue weighted by atomic mass is 10.2. The molecule has 1 aliphatic heterocycles. The highest BCUT2D eigenvalue weighted by atomic mass is 16.2. The molecule has 1 aliphatic rings. The zero-order valence-electron chi connectivity index (χ0n) is 14.6. The summed E-state index contributed by atoms with van der Waals surface area (Å²) in [7, 11) is 0. The summed E-state index contributed by atoms with van der Waals surface area (Å²) >= 11 is 0. The van der Waals surface area contributed by atoms with Crippen molar-refractivity contribution >= 4 is 28.2 Å². The van der Waals surface area contributed by atoms with Gasteiger partial charge >= 0.3 is 0 Å². The van der Waals surface area contributed by atoms with Crippen LogP contribution in [0, 0.1) is 0 Å². The second-order valence-electron chi connectivity index (χ2n) is 6.44. The van der Waals surface area contributed by atoms with Crippen LogP contribution >= 0.6 is 0 Å². The monoisotopic (exact) mass is 346 g/mol. The van der Waals surface area contributed by atoms with E-state index in [0.717, 1.165) is 42.8 Å². The van der Waals surface area contributed by atoms with E-state index in [-0.39, 0.29) is 5.91 Å². The topological polar surface area (TPSA) is 48.5 Å². The van der Waals surface area contributed by atoms with Crippen LogP contribution < -0.4 is 10.2 Å². The van der Waals surface area contributed by atoms with Crippen molar-refractivity contribution in [1.29, 1.82) is 0 Å². The lowest BCUT2D eigenvalue weighted by molar-refractivity contribution is -0.129. The first-order valence-electron chi connectivity index (χ1n) is 8.97. The third-order valence-electron chi connectivity index (χ3n) is 4.82. The molecule has 0 unspecified atom stereocenters. The number of aromatic nitrogens is 1. The number of rotatable bonds is 4. The van der Waals surface area contributed by atoms with E-state index >= 15 is 0 Å². The standard InChI is InChI=1S/C21H22N4O/c26-20(16-23-19-10-4-6-17-7-5-11-22-21(17)19)25-14-12-24(13-15-25)18-8-2-1-3-9-18/h1-11,23H,12-16H2. The molecule has 1 amide bonds. The van der Waals surface area contributed by atoms with Gasteiger partial charge in [-0.3, -0.25) is 9.78 Å². The van der Waals surface area contributed by atoms with Gasteiger partial charge in [-0.25, -0.2) is 0 Å². The molecule has 4 rings (SSSR count). The Kier molecular flexibility index (Phi) is 4.69. The van der Waals surface area contributed by atoms with Gasteiger partial charge in [0, 0.05) is 43.4 Å². The van der Waals surface area contributed by atoms with Crippen LogP contribution in [0.5, 0.6) is 0 Å². The minimum Gasteiger partial charge on any atom is -0.374 e. The number of carbonyl (C=O) groups is 1. The molecule has 5 heteroatoms. The van der Waals surface area contributed by atoms with Gasteiger partial charge in [-0.05, 0) is 24.3 Å². The number of benzene rings is 2. The van der Waals surface area contributed by atoms with Gasteiger partial charge in [0.2, 0.25) is 5.91 Å². The number of pyridine rings is 1. The Labute approximate surface area is 153 Å². The zero-order chi connectivity index (χ0) is 17.8. The van der Waals surface area contributed by atoms with E-state index in [0.29, 0.717) is 6.54 Å². The Balaban J connectivity index is 1.34. The van der Waals surface area contributed by atoms with E-state index in [2.05, 4.69) is 39.5 Å². The fourth-order valence-electron chi connectivity index (χ4n) is 3.38. The average Bonchev–Trinajstić information content (AvgIpc) is 2.73. The van der Waals surface area contributed by atoms with Crippen molar-refractivity contribution in [3.05, 3.63) is 66.9 Å². The predicted molar refractivity (Wildman–Crippen MR) is 105 cm³/mol. The Bertz CT molecular complexity index is 883. The summed E-state index contributed by atoms with van der Waals surface area (Å²) in [4.78, 5) is 21.3. The maximum Gasteiger partial charge on any atom is 0.241 e. The summed E-state index contributed by atoms with van der Waals surface area (Å²) < 4.78 is 0. The van der Waals surface area contributed by atoms with Crippen LogP contribution in [0.2, 0.25) is 0 Å². The fourth-order valence-corrected chi connectivity index (χ4v) is 3.38. The van der Waals surface area contributed by atoms with Gasteiger partial charge in [-0.1, -0.05) is 36.4 Å². The Morgan fingerprint density at radius 1 is 0.923 bits per heavy atom. The third kappa shape index (κ3) is 3.47. The number of carbonyl (C=O) groups excluding carboxylic acids is 1. The summed E-state index contributed by atoms with van der Waals surface area (Å²) in [5, 5.41) is 4.33. The Hall–Kier alpha value is -3.08. The highest BCUT2D eigenvalue weighted by Gasteiger charge is 2.21. The van der Waals surface area contributed by atoms with E-state index in [9.17, 15) is 4.79 Å². The molecule has 3 aromatic rings. The smallest absolute Gasteiger partial charge is 0.241 e. The minimum absolute atomic E-state index is 0.130. The second-order valence-corrected chi connectivity index (χ2v) is 6.44. The number of para-hydroxylation sites is 2. The Morgan fingerprint density at radius 3 is 2.50 bits per heavy atom. The lowest BCUT2D eigenvalue weighted by Gasteiger charge is -2.36. The summed E-state index contributed by atoms with van der Waals surface area (Å²) in [6.45, 7) is 3.53. The zero-order valence-corrected chi connectivity index (χ0v) is 14.6. The summed E-state index contributed by atoms with van der Waals surface area (Å²) in [5.74, 6) is 0.130. The molecule has 132 valence electrons. The van der Waals surface area contributed by atoms with Gasteiger partial charge in [-0.2, -0.15) is 0 Å². The average molecular weight is 346 g/mol. The fraction of sp³-hybridized carbons (Fsp3) is 0.238. The highest BCUT2D eigenvalue weighted by Crippen LogP contribution is 2.20. The first-order chi connectivity index (χ1) is 12.8. The maximum atomic E-state index is 12.6. The van der Waals surface area contributed by atoms with Crippen LogP contribution in [0.4, 0.5) is 11.4 Å². The van der Waals surface area contributed by atoms with Gasteiger partial charge in [0.15, 0.2) is 0 Å². The SMILES string of the molecule is O=C(CNc1cccc2cccnc12)N1CCN(c2ccccc2)CC1. The van der Waals surface area contributed by atoms with E-state index in [4.69, 9.17) is 0 Å². The number of amides is 1. The summed E-state index contributed by atoms with van der Waals surface area (Å²) in [6.07, 6.45) is 1.78. The molecule has 0 saturated carbocycles.